The number of aliphatic hydroxyl groups is 4. The molecule has 37 heavy (non-hydrogen) atoms. The number of hydrogen-bond acceptors (Lipinski definition) is 4. The van der Waals surface area contributed by atoms with Crippen LogP contribution in [0.1, 0.15) is 44.5 Å². The Kier molecular flexibility index (Phi) is 19.3. The summed E-state index contributed by atoms with van der Waals surface area (Å²) in [5, 5.41) is 34.5. The maximum absolute atomic E-state index is 8.63. The van der Waals surface area contributed by atoms with Gasteiger partial charge in [0.1, 0.15) is 0 Å². The summed E-state index contributed by atoms with van der Waals surface area (Å²) in [6.45, 7) is 8.67. The minimum atomic E-state index is 0. The van der Waals surface area contributed by atoms with Gasteiger partial charge in [0, 0.05) is 25.8 Å². The second-order valence-corrected chi connectivity index (χ2v) is 8.57. The summed E-state index contributed by atoms with van der Waals surface area (Å²) >= 11 is 0. The molecule has 0 aliphatic heterocycles. The van der Waals surface area contributed by atoms with Crippen molar-refractivity contribution < 1.29 is 46.3 Å². The number of benzene rings is 4. The normalized spacial score (nSPS) is 9.30. The van der Waals surface area contributed by atoms with Crippen molar-refractivity contribution in [2.24, 2.45) is 0 Å². The SMILES string of the molecule is Cc1ccc(CO)cc1.Cc1ccc(CO)cc1.Cc1ccc(CO)cc1.Cc1ccc(CO)cc1.[Hf]. The summed E-state index contributed by atoms with van der Waals surface area (Å²) < 4.78 is 0. The average Bonchev–Trinajstić information content (AvgIpc) is 2.92. The molecule has 0 heterocycles. The van der Waals surface area contributed by atoms with Crippen LogP contribution in [0.3, 0.4) is 0 Å². The van der Waals surface area contributed by atoms with Gasteiger partial charge in [-0.1, -0.05) is 119 Å². The predicted octanol–water partition coefficient (Wildman–Crippen LogP) is 5.95. The van der Waals surface area contributed by atoms with Crippen LogP contribution in [0.4, 0.5) is 0 Å². The molecule has 0 saturated heterocycles. The van der Waals surface area contributed by atoms with Gasteiger partial charge >= 0.3 is 0 Å². The van der Waals surface area contributed by atoms with Crippen LogP contribution in [0.25, 0.3) is 0 Å². The Morgan fingerprint density at radius 2 is 0.459 bits per heavy atom. The van der Waals surface area contributed by atoms with Crippen LogP contribution in [0.5, 0.6) is 0 Å². The van der Waals surface area contributed by atoms with Crippen LogP contribution in [0.15, 0.2) is 97.1 Å². The number of hydrogen-bond donors (Lipinski definition) is 4. The number of rotatable bonds is 4. The summed E-state index contributed by atoms with van der Waals surface area (Å²) in [6, 6.07) is 31.3. The van der Waals surface area contributed by atoms with Crippen molar-refractivity contribution in [1.29, 1.82) is 0 Å². The zero-order valence-corrected chi connectivity index (χ0v) is 25.9. The maximum atomic E-state index is 8.63. The topological polar surface area (TPSA) is 80.9 Å². The Bertz CT molecular complexity index is 894. The third-order valence-electron chi connectivity index (χ3n) is 5.21. The minimum Gasteiger partial charge on any atom is -0.392 e. The average molecular weight is 667 g/mol. The maximum Gasteiger partial charge on any atom is 0.0681 e. The van der Waals surface area contributed by atoms with Crippen molar-refractivity contribution in [2.75, 3.05) is 0 Å². The fraction of sp³-hybridized carbons (Fsp3) is 0.250. The first-order valence-corrected chi connectivity index (χ1v) is 12.0. The fourth-order valence-electron chi connectivity index (χ4n) is 2.77. The van der Waals surface area contributed by atoms with Crippen LogP contribution in [0.2, 0.25) is 0 Å². The molecule has 0 atom stereocenters. The Morgan fingerprint density at radius 1 is 0.324 bits per heavy atom. The van der Waals surface area contributed by atoms with Gasteiger partial charge in [0.25, 0.3) is 0 Å². The molecule has 0 radical (unpaired) electrons. The van der Waals surface area contributed by atoms with E-state index in [-0.39, 0.29) is 52.3 Å². The second-order valence-electron chi connectivity index (χ2n) is 8.57. The van der Waals surface area contributed by atoms with E-state index in [1.165, 1.54) is 22.3 Å². The first-order valence-electron chi connectivity index (χ1n) is 12.0. The Balaban J connectivity index is 0.000000463. The van der Waals surface area contributed by atoms with E-state index in [1.807, 2.05) is 125 Å². The molecule has 0 aliphatic carbocycles. The second kappa shape index (κ2) is 20.6. The van der Waals surface area contributed by atoms with Crippen LogP contribution >= 0.6 is 0 Å². The molecule has 4 aromatic rings. The summed E-state index contributed by atoms with van der Waals surface area (Å²) in [5.41, 5.74) is 8.81. The Labute approximate surface area is 241 Å². The summed E-state index contributed by atoms with van der Waals surface area (Å²) in [6.07, 6.45) is 0. The van der Waals surface area contributed by atoms with Gasteiger partial charge in [-0.15, -0.1) is 0 Å². The van der Waals surface area contributed by atoms with Gasteiger partial charge in [-0.2, -0.15) is 0 Å². The molecule has 4 nitrogen and oxygen atoms in total. The number of aryl methyl sites for hydroxylation is 4. The molecule has 4 rings (SSSR count). The van der Waals surface area contributed by atoms with Crippen molar-refractivity contribution >= 4 is 0 Å². The Hall–Kier alpha value is -2.41. The number of aliphatic hydroxyl groups excluding tert-OH is 4. The first kappa shape index (κ1) is 34.6. The molecule has 0 unspecified atom stereocenters. The Morgan fingerprint density at radius 3 is 0.568 bits per heavy atom. The van der Waals surface area contributed by atoms with E-state index in [1.54, 1.807) is 0 Å². The summed E-state index contributed by atoms with van der Waals surface area (Å²) in [4.78, 5) is 0. The van der Waals surface area contributed by atoms with Crippen molar-refractivity contribution in [3.8, 4) is 0 Å². The molecule has 4 aromatic carbocycles. The van der Waals surface area contributed by atoms with E-state index in [4.69, 9.17) is 20.4 Å². The van der Waals surface area contributed by atoms with Gasteiger partial charge in [0.15, 0.2) is 0 Å². The van der Waals surface area contributed by atoms with E-state index < -0.39 is 0 Å². The van der Waals surface area contributed by atoms with Gasteiger partial charge in [0.05, 0.1) is 26.4 Å². The first-order chi connectivity index (χ1) is 17.3. The predicted molar refractivity (Wildman–Crippen MR) is 148 cm³/mol. The monoisotopic (exact) mass is 668 g/mol. The fourth-order valence-corrected chi connectivity index (χ4v) is 2.77. The molecule has 196 valence electrons. The van der Waals surface area contributed by atoms with E-state index >= 15 is 0 Å². The van der Waals surface area contributed by atoms with Gasteiger partial charge < -0.3 is 20.4 Å². The van der Waals surface area contributed by atoms with Gasteiger partial charge in [-0.25, -0.2) is 0 Å². The molecule has 5 heteroatoms. The molecule has 0 bridgehead atoms. The quantitative estimate of drug-likeness (QED) is 0.203. The van der Waals surface area contributed by atoms with Crippen LogP contribution in [-0.4, -0.2) is 20.4 Å². The third-order valence-corrected chi connectivity index (χ3v) is 5.21. The van der Waals surface area contributed by atoms with Gasteiger partial charge in [-0.3, -0.25) is 0 Å². The largest absolute Gasteiger partial charge is 0.392 e. The molecular weight excluding hydrogens is 627 g/mol. The molecule has 0 aliphatic rings. The molecule has 0 spiro atoms. The van der Waals surface area contributed by atoms with Crippen LogP contribution in [0, 0.1) is 27.7 Å². The minimum absolute atomic E-state index is 0. The van der Waals surface area contributed by atoms with Crippen molar-refractivity contribution in [1.82, 2.24) is 0 Å². The van der Waals surface area contributed by atoms with Crippen molar-refractivity contribution in [2.45, 2.75) is 54.1 Å². The van der Waals surface area contributed by atoms with Gasteiger partial charge in [-0.05, 0) is 49.9 Å². The summed E-state index contributed by atoms with van der Waals surface area (Å²) in [7, 11) is 0. The third kappa shape index (κ3) is 16.1. The van der Waals surface area contributed by atoms with E-state index in [9.17, 15) is 0 Å². The van der Waals surface area contributed by atoms with Gasteiger partial charge in [0.2, 0.25) is 0 Å². The molecule has 4 N–H and O–H groups in total. The van der Waals surface area contributed by atoms with Crippen molar-refractivity contribution in [3.05, 3.63) is 142 Å². The van der Waals surface area contributed by atoms with Crippen LogP contribution < -0.4 is 0 Å². The smallest absolute Gasteiger partial charge is 0.0681 e. The molecular formula is C32H40HfO4. The van der Waals surface area contributed by atoms with Crippen LogP contribution in [-0.2, 0) is 52.3 Å². The zero-order chi connectivity index (χ0) is 26.8. The zero-order valence-electron chi connectivity index (χ0n) is 22.4. The molecule has 0 saturated carbocycles. The van der Waals surface area contributed by atoms with Crippen molar-refractivity contribution in [3.63, 3.8) is 0 Å². The van der Waals surface area contributed by atoms with E-state index in [0.717, 1.165) is 22.3 Å². The van der Waals surface area contributed by atoms with E-state index in [2.05, 4.69) is 0 Å². The standard InChI is InChI=1S/4C8H10O.Hf/c4*1-7-2-4-8(6-9)5-3-7;/h4*2-5,9H,6H2,1H3;. The summed E-state index contributed by atoms with van der Waals surface area (Å²) in [5.74, 6) is 0. The molecule has 0 fully saturated rings. The molecule has 0 amide bonds. The van der Waals surface area contributed by atoms with E-state index in [0.29, 0.717) is 0 Å². The molecule has 0 aromatic heterocycles.